The van der Waals surface area contributed by atoms with E-state index in [0.717, 1.165) is 16.9 Å². The first-order valence-corrected chi connectivity index (χ1v) is 6.98. The number of rotatable bonds is 3. The second-order valence-electron chi connectivity index (χ2n) is 4.97. The van der Waals surface area contributed by atoms with E-state index in [1.54, 1.807) is 24.5 Å². The highest BCUT2D eigenvalue weighted by molar-refractivity contribution is 6.04. The van der Waals surface area contributed by atoms with Gasteiger partial charge in [-0.25, -0.2) is 0 Å². The monoisotopic (exact) mass is 289 g/mol. The van der Waals surface area contributed by atoms with Gasteiger partial charge in [0.15, 0.2) is 0 Å². The smallest absolute Gasteiger partial charge is 0.255 e. The predicted molar refractivity (Wildman–Crippen MR) is 86.6 cm³/mol. The van der Waals surface area contributed by atoms with Crippen LogP contribution in [-0.4, -0.2) is 15.9 Å². The number of carbonyl (C=O) groups excluding carboxylic acids is 1. The summed E-state index contributed by atoms with van der Waals surface area (Å²) in [4.78, 5) is 20.9. The molecule has 0 saturated heterocycles. The molecule has 1 aromatic carbocycles. The van der Waals surface area contributed by atoms with E-state index >= 15 is 0 Å². The Balaban J connectivity index is 1.86. The first kappa shape index (κ1) is 13.9. The number of aryl methyl sites for hydroxylation is 1. The maximum absolute atomic E-state index is 12.3. The number of anilines is 1. The van der Waals surface area contributed by atoms with Crippen molar-refractivity contribution in [3.05, 3.63) is 78.1 Å². The highest BCUT2D eigenvalue weighted by Crippen LogP contribution is 2.17. The van der Waals surface area contributed by atoms with Crippen molar-refractivity contribution in [1.82, 2.24) is 9.97 Å². The molecule has 1 N–H and O–H groups in total. The molecule has 1 amide bonds. The minimum Gasteiger partial charge on any atom is -0.322 e. The van der Waals surface area contributed by atoms with Crippen LogP contribution in [0.5, 0.6) is 0 Å². The molecule has 0 aliphatic carbocycles. The number of nitrogens with one attached hydrogen (secondary N) is 1. The lowest BCUT2D eigenvalue weighted by Crippen LogP contribution is -2.12. The summed E-state index contributed by atoms with van der Waals surface area (Å²) in [5, 5.41) is 2.86. The molecule has 0 unspecified atom stereocenters. The van der Waals surface area contributed by atoms with Crippen LogP contribution in [0.15, 0.2) is 67.0 Å². The van der Waals surface area contributed by atoms with Crippen LogP contribution in [-0.2, 0) is 0 Å². The normalized spacial score (nSPS) is 10.2. The van der Waals surface area contributed by atoms with Gasteiger partial charge in [-0.2, -0.15) is 0 Å². The van der Waals surface area contributed by atoms with Crippen molar-refractivity contribution in [2.75, 3.05) is 5.32 Å². The molecule has 4 heteroatoms. The van der Waals surface area contributed by atoms with Gasteiger partial charge in [-0.1, -0.05) is 18.2 Å². The number of nitrogens with zero attached hydrogens (tertiary/aromatic N) is 2. The maximum Gasteiger partial charge on any atom is 0.255 e. The predicted octanol–water partition coefficient (Wildman–Crippen LogP) is 3.70. The molecule has 0 atom stereocenters. The SMILES string of the molecule is Cc1ccnc(-c2cc(C(=O)Nc3ccccc3)ccn2)c1. The van der Waals surface area contributed by atoms with Crippen molar-refractivity contribution < 1.29 is 4.79 Å². The molecule has 22 heavy (non-hydrogen) atoms. The largest absolute Gasteiger partial charge is 0.322 e. The first-order chi connectivity index (χ1) is 10.7. The summed E-state index contributed by atoms with van der Waals surface area (Å²) in [6, 6.07) is 16.7. The summed E-state index contributed by atoms with van der Waals surface area (Å²) >= 11 is 0. The topological polar surface area (TPSA) is 54.9 Å². The summed E-state index contributed by atoms with van der Waals surface area (Å²) in [5.41, 5.74) is 3.86. The van der Waals surface area contributed by atoms with E-state index in [4.69, 9.17) is 0 Å². The van der Waals surface area contributed by atoms with E-state index in [-0.39, 0.29) is 5.91 Å². The first-order valence-electron chi connectivity index (χ1n) is 6.98. The fourth-order valence-corrected chi connectivity index (χ4v) is 2.11. The van der Waals surface area contributed by atoms with Crippen molar-refractivity contribution in [2.45, 2.75) is 6.92 Å². The molecule has 0 radical (unpaired) electrons. The van der Waals surface area contributed by atoms with Crippen LogP contribution >= 0.6 is 0 Å². The Bertz CT molecular complexity index is 800. The lowest BCUT2D eigenvalue weighted by atomic mass is 10.1. The second-order valence-corrected chi connectivity index (χ2v) is 4.97. The Labute approximate surface area is 128 Å². The van der Waals surface area contributed by atoms with Gasteiger partial charge < -0.3 is 5.32 Å². The molecular weight excluding hydrogens is 274 g/mol. The Morgan fingerprint density at radius 3 is 2.32 bits per heavy atom. The molecule has 0 aliphatic heterocycles. The molecule has 0 aliphatic rings. The van der Waals surface area contributed by atoms with Crippen molar-refractivity contribution in [3.63, 3.8) is 0 Å². The number of para-hydroxylation sites is 1. The Hall–Kier alpha value is -3.01. The van der Waals surface area contributed by atoms with Crippen LogP contribution < -0.4 is 5.32 Å². The lowest BCUT2D eigenvalue weighted by molar-refractivity contribution is 0.102. The second kappa shape index (κ2) is 6.18. The molecule has 4 nitrogen and oxygen atoms in total. The average Bonchev–Trinajstić information content (AvgIpc) is 2.56. The molecule has 2 aromatic heterocycles. The standard InChI is InChI=1S/C18H15N3O/c1-13-7-9-19-16(11-13)17-12-14(8-10-20-17)18(22)21-15-5-3-2-4-6-15/h2-12H,1H3,(H,21,22). The van der Waals surface area contributed by atoms with E-state index in [1.165, 1.54) is 0 Å². The molecule has 2 heterocycles. The van der Waals surface area contributed by atoms with E-state index < -0.39 is 0 Å². The van der Waals surface area contributed by atoms with E-state index in [0.29, 0.717) is 11.3 Å². The number of carbonyl (C=O) groups is 1. The number of aromatic nitrogens is 2. The molecule has 0 bridgehead atoms. The minimum atomic E-state index is -0.164. The Morgan fingerprint density at radius 2 is 1.59 bits per heavy atom. The third-order valence-electron chi connectivity index (χ3n) is 3.23. The molecule has 3 rings (SSSR count). The quantitative estimate of drug-likeness (QED) is 0.799. The summed E-state index contributed by atoms with van der Waals surface area (Å²) in [5.74, 6) is -0.164. The zero-order valence-electron chi connectivity index (χ0n) is 12.2. The van der Waals surface area contributed by atoms with Crippen LogP contribution in [0.1, 0.15) is 15.9 Å². The number of hydrogen-bond donors (Lipinski definition) is 1. The van der Waals surface area contributed by atoms with Gasteiger partial charge in [0.25, 0.3) is 5.91 Å². The van der Waals surface area contributed by atoms with E-state index in [1.807, 2.05) is 49.4 Å². The minimum absolute atomic E-state index is 0.164. The van der Waals surface area contributed by atoms with Gasteiger partial charge in [-0.05, 0) is 48.9 Å². The summed E-state index contributed by atoms with van der Waals surface area (Å²) in [6.45, 7) is 2.00. The Morgan fingerprint density at radius 1 is 0.909 bits per heavy atom. The van der Waals surface area contributed by atoms with Gasteiger partial charge in [0.1, 0.15) is 0 Å². The maximum atomic E-state index is 12.3. The lowest BCUT2D eigenvalue weighted by Gasteiger charge is -2.06. The molecule has 0 spiro atoms. The van der Waals surface area contributed by atoms with Gasteiger partial charge in [0, 0.05) is 23.6 Å². The van der Waals surface area contributed by atoms with Gasteiger partial charge in [-0.3, -0.25) is 14.8 Å². The third kappa shape index (κ3) is 3.17. The number of amides is 1. The number of benzene rings is 1. The highest BCUT2D eigenvalue weighted by atomic mass is 16.1. The number of pyridine rings is 2. The zero-order valence-corrected chi connectivity index (χ0v) is 12.2. The molecule has 3 aromatic rings. The van der Waals surface area contributed by atoms with Gasteiger partial charge in [0.2, 0.25) is 0 Å². The van der Waals surface area contributed by atoms with Gasteiger partial charge >= 0.3 is 0 Å². The number of hydrogen-bond acceptors (Lipinski definition) is 3. The van der Waals surface area contributed by atoms with Crippen molar-refractivity contribution in [3.8, 4) is 11.4 Å². The zero-order chi connectivity index (χ0) is 15.4. The fourth-order valence-electron chi connectivity index (χ4n) is 2.11. The van der Waals surface area contributed by atoms with Crippen LogP contribution in [0.25, 0.3) is 11.4 Å². The van der Waals surface area contributed by atoms with E-state index in [2.05, 4.69) is 15.3 Å². The van der Waals surface area contributed by atoms with Crippen LogP contribution in [0.4, 0.5) is 5.69 Å². The average molecular weight is 289 g/mol. The van der Waals surface area contributed by atoms with Crippen molar-refractivity contribution >= 4 is 11.6 Å². The molecule has 108 valence electrons. The third-order valence-corrected chi connectivity index (χ3v) is 3.23. The van der Waals surface area contributed by atoms with E-state index in [9.17, 15) is 4.79 Å². The van der Waals surface area contributed by atoms with Crippen LogP contribution in [0.3, 0.4) is 0 Å². The highest BCUT2D eigenvalue weighted by Gasteiger charge is 2.09. The molecule has 0 saturated carbocycles. The summed E-state index contributed by atoms with van der Waals surface area (Å²) < 4.78 is 0. The summed E-state index contributed by atoms with van der Waals surface area (Å²) in [7, 11) is 0. The molecule has 0 fully saturated rings. The van der Waals surface area contributed by atoms with Gasteiger partial charge in [-0.15, -0.1) is 0 Å². The fraction of sp³-hybridized carbons (Fsp3) is 0.0556. The summed E-state index contributed by atoms with van der Waals surface area (Å²) in [6.07, 6.45) is 3.36. The molecular formula is C18H15N3O. The van der Waals surface area contributed by atoms with Crippen LogP contribution in [0, 0.1) is 6.92 Å². The van der Waals surface area contributed by atoms with Gasteiger partial charge in [0.05, 0.1) is 11.4 Å². The Kier molecular flexibility index (Phi) is 3.92. The van der Waals surface area contributed by atoms with Crippen LogP contribution in [0.2, 0.25) is 0 Å². The van der Waals surface area contributed by atoms with Crippen molar-refractivity contribution in [1.29, 1.82) is 0 Å². The van der Waals surface area contributed by atoms with Crippen molar-refractivity contribution in [2.24, 2.45) is 0 Å².